The van der Waals surface area contributed by atoms with Crippen LogP contribution >= 0.6 is 0 Å². The molecule has 0 bridgehead atoms. The molecule has 2 heteroatoms. The van der Waals surface area contributed by atoms with E-state index in [2.05, 4.69) is 24.3 Å². The summed E-state index contributed by atoms with van der Waals surface area (Å²) >= 11 is 0. The van der Waals surface area contributed by atoms with Gasteiger partial charge in [-0.3, -0.25) is 0 Å². The van der Waals surface area contributed by atoms with Crippen molar-refractivity contribution in [3.8, 4) is 0 Å². The van der Waals surface area contributed by atoms with Gasteiger partial charge in [-0.2, -0.15) is 0 Å². The molecule has 1 N–H and O–H groups in total. The molecule has 0 aromatic heterocycles. The SMILES string of the molecule is COCC(O)CC/C=C/c1ccccc1. The topological polar surface area (TPSA) is 29.5 Å². The molecule has 0 amide bonds. The third-order valence-electron chi connectivity index (χ3n) is 2.14. The van der Waals surface area contributed by atoms with Gasteiger partial charge in [-0.05, 0) is 18.4 Å². The first-order valence-electron chi connectivity index (χ1n) is 5.21. The minimum Gasteiger partial charge on any atom is -0.391 e. The molecule has 0 spiro atoms. The second-order valence-electron chi connectivity index (χ2n) is 3.50. The summed E-state index contributed by atoms with van der Waals surface area (Å²) in [5.74, 6) is 0. The van der Waals surface area contributed by atoms with Crippen molar-refractivity contribution in [1.82, 2.24) is 0 Å². The molecule has 1 unspecified atom stereocenters. The molecular formula is C13H18O2. The van der Waals surface area contributed by atoms with E-state index in [0.29, 0.717) is 6.61 Å². The Bertz CT molecular complexity index is 280. The number of methoxy groups -OCH3 is 1. The molecule has 0 aliphatic carbocycles. The Balaban J connectivity index is 2.23. The molecule has 1 aromatic carbocycles. The Morgan fingerprint density at radius 3 is 2.73 bits per heavy atom. The Morgan fingerprint density at radius 2 is 2.07 bits per heavy atom. The highest BCUT2D eigenvalue weighted by atomic mass is 16.5. The van der Waals surface area contributed by atoms with Crippen molar-refractivity contribution in [1.29, 1.82) is 0 Å². The first-order chi connectivity index (χ1) is 7.33. The summed E-state index contributed by atoms with van der Waals surface area (Å²) < 4.78 is 4.84. The minimum atomic E-state index is -0.351. The molecule has 0 aliphatic heterocycles. The van der Waals surface area contributed by atoms with E-state index in [1.165, 1.54) is 5.56 Å². The molecule has 0 aliphatic rings. The predicted octanol–water partition coefficient (Wildman–Crippen LogP) is 2.49. The van der Waals surface area contributed by atoms with Crippen LogP contribution in [0.25, 0.3) is 6.08 Å². The Hall–Kier alpha value is -1.12. The van der Waals surface area contributed by atoms with Gasteiger partial charge in [0.25, 0.3) is 0 Å². The number of ether oxygens (including phenoxy) is 1. The van der Waals surface area contributed by atoms with Crippen LogP contribution in [0.2, 0.25) is 0 Å². The van der Waals surface area contributed by atoms with Crippen LogP contribution in [-0.2, 0) is 4.74 Å². The molecule has 0 saturated carbocycles. The highest BCUT2D eigenvalue weighted by Gasteiger charge is 2.00. The quantitative estimate of drug-likeness (QED) is 0.774. The lowest BCUT2D eigenvalue weighted by Gasteiger charge is -2.06. The van der Waals surface area contributed by atoms with Gasteiger partial charge in [-0.1, -0.05) is 42.5 Å². The van der Waals surface area contributed by atoms with Crippen molar-refractivity contribution in [2.24, 2.45) is 0 Å². The number of aliphatic hydroxyl groups excluding tert-OH is 1. The van der Waals surface area contributed by atoms with Crippen LogP contribution in [0.4, 0.5) is 0 Å². The van der Waals surface area contributed by atoms with E-state index in [1.54, 1.807) is 7.11 Å². The van der Waals surface area contributed by atoms with E-state index < -0.39 is 0 Å². The van der Waals surface area contributed by atoms with E-state index in [-0.39, 0.29) is 6.10 Å². The smallest absolute Gasteiger partial charge is 0.0776 e. The van der Waals surface area contributed by atoms with Gasteiger partial charge in [0.05, 0.1) is 12.7 Å². The van der Waals surface area contributed by atoms with E-state index in [9.17, 15) is 5.11 Å². The van der Waals surface area contributed by atoms with Crippen LogP contribution in [0.3, 0.4) is 0 Å². The third kappa shape index (κ3) is 5.35. The van der Waals surface area contributed by atoms with Crippen LogP contribution < -0.4 is 0 Å². The molecule has 0 heterocycles. The van der Waals surface area contributed by atoms with Gasteiger partial charge in [-0.25, -0.2) is 0 Å². The van der Waals surface area contributed by atoms with Crippen molar-refractivity contribution < 1.29 is 9.84 Å². The Morgan fingerprint density at radius 1 is 1.33 bits per heavy atom. The second-order valence-corrected chi connectivity index (χ2v) is 3.50. The van der Waals surface area contributed by atoms with Gasteiger partial charge < -0.3 is 9.84 Å². The van der Waals surface area contributed by atoms with Gasteiger partial charge in [0.2, 0.25) is 0 Å². The maximum absolute atomic E-state index is 9.39. The maximum Gasteiger partial charge on any atom is 0.0776 e. The van der Waals surface area contributed by atoms with Crippen molar-refractivity contribution in [2.75, 3.05) is 13.7 Å². The van der Waals surface area contributed by atoms with Crippen molar-refractivity contribution >= 4 is 6.08 Å². The summed E-state index contributed by atoms with van der Waals surface area (Å²) in [7, 11) is 1.60. The largest absolute Gasteiger partial charge is 0.391 e. The summed E-state index contributed by atoms with van der Waals surface area (Å²) in [4.78, 5) is 0. The molecule has 2 nitrogen and oxygen atoms in total. The molecule has 1 aromatic rings. The van der Waals surface area contributed by atoms with E-state index in [1.807, 2.05) is 18.2 Å². The van der Waals surface area contributed by atoms with Crippen LogP contribution in [-0.4, -0.2) is 24.9 Å². The lowest BCUT2D eigenvalue weighted by molar-refractivity contribution is 0.0600. The van der Waals surface area contributed by atoms with Gasteiger partial charge >= 0.3 is 0 Å². The zero-order valence-corrected chi connectivity index (χ0v) is 9.10. The molecule has 15 heavy (non-hydrogen) atoms. The van der Waals surface area contributed by atoms with Crippen molar-refractivity contribution in [3.05, 3.63) is 42.0 Å². The molecule has 1 rings (SSSR count). The van der Waals surface area contributed by atoms with Crippen LogP contribution in [0.1, 0.15) is 18.4 Å². The molecule has 0 radical (unpaired) electrons. The molecular weight excluding hydrogens is 188 g/mol. The van der Waals surface area contributed by atoms with Crippen molar-refractivity contribution in [2.45, 2.75) is 18.9 Å². The van der Waals surface area contributed by atoms with Crippen LogP contribution in [0.15, 0.2) is 36.4 Å². The van der Waals surface area contributed by atoms with Gasteiger partial charge in [0.15, 0.2) is 0 Å². The number of allylic oxidation sites excluding steroid dienone is 1. The number of hydrogen-bond acceptors (Lipinski definition) is 2. The van der Waals surface area contributed by atoms with E-state index in [0.717, 1.165) is 12.8 Å². The fourth-order valence-electron chi connectivity index (χ4n) is 1.35. The highest BCUT2D eigenvalue weighted by Crippen LogP contribution is 2.04. The third-order valence-corrected chi connectivity index (χ3v) is 2.14. The van der Waals surface area contributed by atoms with E-state index in [4.69, 9.17) is 4.74 Å². The zero-order valence-electron chi connectivity index (χ0n) is 9.10. The van der Waals surface area contributed by atoms with Gasteiger partial charge in [0.1, 0.15) is 0 Å². The van der Waals surface area contributed by atoms with Crippen LogP contribution in [0.5, 0.6) is 0 Å². The minimum absolute atomic E-state index is 0.351. The first kappa shape index (κ1) is 12.0. The van der Waals surface area contributed by atoms with E-state index >= 15 is 0 Å². The summed E-state index contributed by atoms with van der Waals surface area (Å²) in [5, 5.41) is 9.39. The fourth-order valence-corrected chi connectivity index (χ4v) is 1.35. The molecule has 0 fully saturated rings. The average molecular weight is 206 g/mol. The summed E-state index contributed by atoms with van der Waals surface area (Å²) in [6.45, 7) is 0.416. The highest BCUT2D eigenvalue weighted by molar-refractivity contribution is 5.48. The fraction of sp³-hybridized carbons (Fsp3) is 0.385. The van der Waals surface area contributed by atoms with Gasteiger partial charge in [-0.15, -0.1) is 0 Å². The second kappa shape index (κ2) is 7.21. The summed E-state index contributed by atoms with van der Waals surface area (Å²) in [6, 6.07) is 10.1. The summed E-state index contributed by atoms with van der Waals surface area (Å²) in [6.07, 6.45) is 5.42. The number of benzene rings is 1. The maximum atomic E-state index is 9.39. The number of rotatable bonds is 6. The summed E-state index contributed by atoms with van der Waals surface area (Å²) in [5.41, 5.74) is 1.19. The molecule has 0 saturated heterocycles. The Kier molecular flexibility index (Phi) is 5.74. The number of hydrogen-bond donors (Lipinski definition) is 1. The molecule has 82 valence electrons. The van der Waals surface area contributed by atoms with Crippen molar-refractivity contribution in [3.63, 3.8) is 0 Å². The lowest BCUT2D eigenvalue weighted by Crippen LogP contribution is -2.12. The van der Waals surface area contributed by atoms with Gasteiger partial charge in [0, 0.05) is 7.11 Å². The van der Waals surface area contributed by atoms with Crippen LogP contribution in [0, 0.1) is 0 Å². The average Bonchev–Trinajstić information content (AvgIpc) is 2.26. The standard InChI is InChI=1S/C13H18O2/c1-15-11-13(14)10-6-5-9-12-7-3-2-4-8-12/h2-5,7-9,13-14H,6,10-11H2,1H3/b9-5+. The molecule has 1 atom stereocenters. The number of aliphatic hydroxyl groups is 1. The zero-order chi connectivity index (χ0) is 10.9. The normalized spacial score (nSPS) is 13.2. The lowest BCUT2D eigenvalue weighted by atomic mass is 10.1. The first-order valence-corrected chi connectivity index (χ1v) is 5.21. The predicted molar refractivity (Wildman–Crippen MR) is 62.6 cm³/mol. The Labute approximate surface area is 91.2 Å². The monoisotopic (exact) mass is 206 g/mol.